The van der Waals surface area contributed by atoms with Gasteiger partial charge in [0.15, 0.2) is 5.13 Å². The number of Topliss-reactive ketones (excluding diaryl/α,β-unsaturated/α-hetero) is 1. The third-order valence-corrected chi connectivity index (χ3v) is 6.17. The monoisotopic (exact) mass is 430 g/mol. The number of thiazole rings is 1. The highest BCUT2D eigenvalue weighted by Crippen LogP contribution is 2.44. The van der Waals surface area contributed by atoms with Crippen molar-refractivity contribution in [2.45, 2.75) is 6.04 Å². The summed E-state index contributed by atoms with van der Waals surface area (Å²) in [6.07, 6.45) is 0. The van der Waals surface area contributed by atoms with Crippen LogP contribution in [0.3, 0.4) is 0 Å². The van der Waals surface area contributed by atoms with Gasteiger partial charge in [0, 0.05) is 5.56 Å². The number of hydrogen-bond acceptors (Lipinski definition) is 5. The molecule has 0 unspecified atom stereocenters. The molecule has 0 saturated carbocycles. The van der Waals surface area contributed by atoms with E-state index in [9.17, 15) is 19.1 Å². The van der Waals surface area contributed by atoms with E-state index in [0.29, 0.717) is 21.3 Å². The highest BCUT2D eigenvalue weighted by atomic mass is 32.1. The lowest BCUT2D eigenvalue weighted by Crippen LogP contribution is -2.29. The minimum absolute atomic E-state index is 0.00663. The third-order valence-electron chi connectivity index (χ3n) is 5.15. The van der Waals surface area contributed by atoms with Crippen molar-refractivity contribution >= 4 is 44.1 Å². The van der Waals surface area contributed by atoms with E-state index in [1.54, 1.807) is 54.6 Å². The maximum atomic E-state index is 13.7. The molecule has 31 heavy (non-hydrogen) atoms. The van der Waals surface area contributed by atoms with Crippen LogP contribution in [0.4, 0.5) is 9.52 Å². The van der Waals surface area contributed by atoms with Gasteiger partial charge < -0.3 is 5.11 Å². The molecule has 1 amide bonds. The maximum absolute atomic E-state index is 13.7. The van der Waals surface area contributed by atoms with E-state index in [4.69, 9.17) is 0 Å². The SMILES string of the molecule is O=C1C(=O)N(c2nc3ccc(F)cc3s2)[C@H](c2ccccc2)/C1=C(\O)c1ccccc1. The van der Waals surface area contributed by atoms with Crippen molar-refractivity contribution in [3.05, 3.63) is 101 Å². The molecule has 1 aliphatic heterocycles. The van der Waals surface area contributed by atoms with Crippen LogP contribution in [-0.4, -0.2) is 21.8 Å². The third kappa shape index (κ3) is 3.19. The van der Waals surface area contributed by atoms with E-state index >= 15 is 0 Å². The Bertz CT molecular complexity index is 1350. The average molecular weight is 430 g/mol. The van der Waals surface area contributed by atoms with Crippen molar-refractivity contribution in [1.82, 2.24) is 4.98 Å². The number of aliphatic hydroxyl groups is 1. The molecule has 3 aromatic carbocycles. The maximum Gasteiger partial charge on any atom is 0.301 e. The van der Waals surface area contributed by atoms with Crippen molar-refractivity contribution < 1.29 is 19.1 Å². The van der Waals surface area contributed by atoms with Gasteiger partial charge in [0.2, 0.25) is 0 Å². The Kier molecular flexibility index (Phi) is 4.60. The van der Waals surface area contributed by atoms with Gasteiger partial charge >= 0.3 is 5.91 Å². The average Bonchev–Trinajstić information content (AvgIpc) is 3.32. The summed E-state index contributed by atoms with van der Waals surface area (Å²) in [7, 11) is 0. The number of carbonyl (C=O) groups is 2. The molecule has 5 nitrogen and oxygen atoms in total. The molecular weight excluding hydrogens is 415 g/mol. The van der Waals surface area contributed by atoms with Crippen molar-refractivity contribution in [2.24, 2.45) is 0 Å². The first-order valence-electron chi connectivity index (χ1n) is 9.52. The highest BCUT2D eigenvalue weighted by Gasteiger charge is 2.48. The normalized spacial score (nSPS) is 18.1. The summed E-state index contributed by atoms with van der Waals surface area (Å²) in [6.45, 7) is 0. The highest BCUT2D eigenvalue weighted by molar-refractivity contribution is 7.22. The predicted octanol–water partition coefficient (Wildman–Crippen LogP) is 5.06. The van der Waals surface area contributed by atoms with Crippen LogP contribution in [0.5, 0.6) is 0 Å². The summed E-state index contributed by atoms with van der Waals surface area (Å²) in [5, 5.41) is 11.3. The molecule has 2 heterocycles. The lowest BCUT2D eigenvalue weighted by Gasteiger charge is -2.22. The standard InChI is InChI=1S/C24H15FN2O3S/c25-16-11-12-17-18(13-16)31-24(26-17)27-20(14-7-3-1-4-8-14)19(22(29)23(27)30)21(28)15-9-5-2-6-10-15/h1-13,20,28H/b21-19+/t20-/m1/s1. The zero-order valence-electron chi connectivity index (χ0n) is 16.0. The summed E-state index contributed by atoms with van der Waals surface area (Å²) in [5.41, 5.74) is 1.61. The van der Waals surface area contributed by atoms with Crippen LogP contribution < -0.4 is 4.90 Å². The van der Waals surface area contributed by atoms with Gasteiger partial charge in [0.25, 0.3) is 5.78 Å². The summed E-state index contributed by atoms with van der Waals surface area (Å²) in [4.78, 5) is 31.9. The number of aliphatic hydroxyl groups excluding tert-OH is 1. The van der Waals surface area contributed by atoms with E-state index in [1.807, 2.05) is 6.07 Å². The first-order chi connectivity index (χ1) is 15.0. The lowest BCUT2D eigenvalue weighted by atomic mass is 9.95. The van der Waals surface area contributed by atoms with Crippen LogP contribution in [0, 0.1) is 5.82 Å². The molecule has 1 atom stereocenters. The smallest absolute Gasteiger partial charge is 0.301 e. The number of anilines is 1. The molecule has 1 aromatic heterocycles. The van der Waals surface area contributed by atoms with Gasteiger partial charge in [-0.25, -0.2) is 9.37 Å². The van der Waals surface area contributed by atoms with Crippen molar-refractivity contribution in [3.63, 3.8) is 0 Å². The van der Waals surface area contributed by atoms with Gasteiger partial charge in [-0.1, -0.05) is 72.0 Å². The zero-order chi connectivity index (χ0) is 21.5. The zero-order valence-corrected chi connectivity index (χ0v) is 16.8. The summed E-state index contributed by atoms with van der Waals surface area (Å²) in [6, 6.07) is 20.9. The Hall–Kier alpha value is -3.84. The van der Waals surface area contributed by atoms with Crippen LogP contribution in [0.25, 0.3) is 16.0 Å². The molecule has 1 saturated heterocycles. The summed E-state index contributed by atoms with van der Waals surface area (Å²) < 4.78 is 14.2. The first-order valence-corrected chi connectivity index (χ1v) is 10.3. The summed E-state index contributed by atoms with van der Waals surface area (Å²) in [5.74, 6) is -2.23. The number of carbonyl (C=O) groups excluding carboxylic acids is 2. The number of ketones is 1. The van der Waals surface area contributed by atoms with Gasteiger partial charge in [-0.2, -0.15) is 0 Å². The first kappa shape index (κ1) is 19.1. The van der Waals surface area contributed by atoms with E-state index in [-0.39, 0.29) is 16.5 Å². The molecule has 152 valence electrons. The van der Waals surface area contributed by atoms with Crippen LogP contribution >= 0.6 is 11.3 Å². The molecule has 0 radical (unpaired) electrons. The number of amides is 1. The molecule has 0 bridgehead atoms. The van der Waals surface area contributed by atoms with Gasteiger partial charge in [-0.15, -0.1) is 0 Å². The van der Waals surface area contributed by atoms with Crippen LogP contribution in [0.2, 0.25) is 0 Å². The lowest BCUT2D eigenvalue weighted by molar-refractivity contribution is -0.132. The van der Waals surface area contributed by atoms with E-state index in [0.717, 1.165) is 11.3 Å². The van der Waals surface area contributed by atoms with E-state index in [1.165, 1.54) is 23.1 Å². The number of halogens is 1. The van der Waals surface area contributed by atoms with Gasteiger partial charge in [-0.3, -0.25) is 14.5 Å². The summed E-state index contributed by atoms with van der Waals surface area (Å²) >= 11 is 1.12. The Morgan fingerprint density at radius 3 is 2.35 bits per heavy atom. The van der Waals surface area contributed by atoms with Crippen molar-refractivity contribution in [1.29, 1.82) is 0 Å². The van der Waals surface area contributed by atoms with Gasteiger partial charge in [-0.05, 0) is 23.8 Å². The number of fused-ring (bicyclic) bond motifs is 1. The van der Waals surface area contributed by atoms with Crippen molar-refractivity contribution in [3.8, 4) is 0 Å². The second kappa shape index (κ2) is 7.45. The molecule has 1 aliphatic rings. The number of nitrogens with zero attached hydrogens (tertiary/aromatic N) is 2. The molecule has 1 fully saturated rings. The Morgan fingerprint density at radius 2 is 1.65 bits per heavy atom. The predicted molar refractivity (Wildman–Crippen MR) is 117 cm³/mol. The fraction of sp³-hybridized carbons (Fsp3) is 0.0417. The second-order valence-corrected chi connectivity index (χ2v) is 8.06. The number of rotatable bonds is 3. The van der Waals surface area contributed by atoms with Gasteiger partial charge in [0.05, 0.1) is 21.8 Å². The molecular formula is C24H15FN2O3S. The molecule has 1 N–H and O–H groups in total. The fourth-order valence-electron chi connectivity index (χ4n) is 3.72. The number of aromatic nitrogens is 1. The molecule has 4 aromatic rings. The van der Waals surface area contributed by atoms with E-state index < -0.39 is 23.5 Å². The topological polar surface area (TPSA) is 70.5 Å². The quantitative estimate of drug-likeness (QED) is 0.280. The van der Waals surface area contributed by atoms with Crippen LogP contribution in [0.1, 0.15) is 17.2 Å². The van der Waals surface area contributed by atoms with Gasteiger partial charge in [0.1, 0.15) is 11.6 Å². The number of benzene rings is 3. The molecule has 7 heteroatoms. The minimum Gasteiger partial charge on any atom is -0.507 e. The Labute approximate surface area is 180 Å². The fourth-order valence-corrected chi connectivity index (χ4v) is 4.74. The molecule has 5 rings (SSSR count). The van der Waals surface area contributed by atoms with Crippen molar-refractivity contribution in [2.75, 3.05) is 4.90 Å². The molecule has 0 aliphatic carbocycles. The second-order valence-electron chi connectivity index (χ2n) is 7.05. The van der Waals surface area contributed by atoms with Crippen LogP contribution in [0.15, 0.2) is 84.4 Å². The minimum atomic E-state index is -0.855. The number of hydrogen-bond donors (Lipinski definition) is 1. The van der Waals surface area contributed by atoms with E-state index in [2.05, 4.69) is 4.98 Å². The Morgan fingerprint density at radius 1 is 0.968 bits per heavy atom. The largest absolute Gasteiger partial charge is 0.507 e. The van der Waals surface area contributed by atoms with Crippen LogP contribution in [-0.2, 0) is 9.59 Å². The molecule has 0 spiro atoms. The Balaban J connectivity index is 1.73.